The minimum absolute atomic E-state index is 0.166. The lowest BCUT2D eigenvalue weighted by Crippen LogP contribution is -2.28. The van der Waals surface area contributed by atoms with E-state index in [4.69, 9.17) is 9.47 Å². The number of rotatable bonds is 6. The molecule has 2 aromatic carbocycles. The number of methoxy groups -OCH3 is 1. The smallest absolute Gasteiger partial charge is 0.251 e. The quantitative estimate of drug-likeness (QED) is 0.691. The number of fused-ring (bicyclic) bond motifs is 1. The summed E-state index contributed by atoms with van der Waals surface area (Å²) in [6.07, 6.45) is 0. The van der Waals surface area contributed by atoms with Crippen LogP contribution >= 0.6 is 0 Å². The van der Waals surface area contributed by atoms with Crippen LogP contribution in [-0.2, 0) is 0 Å². The fourth-order valence-corrected chi connectivity index (χ4v) is 2.50. The van der Waals surface area contributed by atoms with Gasteiger partial charge in [0.15, 0.2) is 0 Å². The third-order valence-electron chi connectivity index (χ3n) is 4.04. The van der Waals surface area contributed by atoms with Gasteiger partial charge in [0.1, 0.15) is 18.1 Å². The van der Waals surface area contributed by atoms with Gasteiger partial charge in [0.25, 0.3) is 5.91 Å². The van der Waals surface area contributed by atoms with E-state index in [1.54, 1.807) is 25.3 Å². The van der Waals surface area contributed by atoms with Crippen molar-refractivity contribution in [2.75, 3.05) is 20.3 Å². The topological polar surface area (TPSA) is 73.3 Å². The number of nitrogens with zero attached hydrogens (tertiary/aromatic N) is 2. The van der Waals surface area contributed by atoms with E-state index in [1.165, 1.54) is 0 Å². The van der Waals surface area contributed by atoms with Crippen LogP contribution in [0, 0.1) is 13.8 Å². The van der Waals surface area contributed by atoms with E-state index in [9.17, 15) is 4.79 Å². The zero-order valence-electron chi connectivity index (χ0n) is 15.1. The van der Waals surface area contributed by atoms with Gasteiger partial charge in [-0.2, -0.15) is 0 Å². The normalized spacial score (nSPS) is 10.6. The minimum atomic E-state index is -0.166. The highest BCUT2D eigenvalue weighted by Crippen LogP contribution is 2.18. The fourth-order valence-electron chi connectivity index (χ4n) is 2.50. The third-order valence-corrected chi connectivity index (χ3v) is 4.04. The molecule has 0 saturated carbocycles. The van der Waals surface area contributed by atoms with Gasteiger partial charge in [0, 0.05) is 11.6 Å². The number of ether oxygens (including phenoxy) is 2. The van der Waals surface area contributed by atoms with Crippen molar-refractivity contribution in [2.24, 2.45) is 0 Å². The van der Waals surface area contributed by atoms with Gasteiger partial charge in [-0.25, -0.2) is 9.97 Å². The molecule has 0 radical (unpaired) electrons. The first-order chi connectivity index (χ1) is 12.6. The number of hydrogen-bond acceptors (Lipinski definition) is 5. The summed E-state index contributed by atoms with van der Waals surface area (Å²) in [6.45, 7) is 4.59. The molecule has 1 amide bonds. The fraction of sp³-hybridized carbons (Fsp3) is 0.250. The summed E-state index contributed by atoms with van der Waals surface area (Å²) in [5.41, 5.74) is 3.81. The largest absolute Gasteiger partial charge is 0.497 e. The van der Waals surface area contributed by atoms with Crippen molar-refractivity contribution in [1.29, 1.82) is 0 Å². The monoisotopic (exact) mass is 351 g/mol. The van der Waals surface area contributed by atoms with Crippen LogP contribution in [0.2, 0.25) is 0 Å². The number of carbonyl (C=O) groups excluding carboxylic acids is 1. The summed E-state index contributed by atoms with van der Waals surface area (Å²) in [4.78, 5) is 21.3. The Hall–Kier alpha value is -3.15. The number of hydrogen-bond donors (Lipinski definition) is 1. The Kier molecular flexibility index (Phi) is 5.31. The summed E-state index contributed by atoms with van der Waals surface area (Å²) in [6, 6.07) is 12.7. The van der Waals surface area contributed by atoms with E-state index in [1.807, 2.05) is 38.1 Å². The molecule has 3 aromatic rings. The van der Waals surface area contributed by atoms with Crippen molar-refractivity contribution >= 4 is 16.9 Å². The molecule has 1 N–H and O–H groups in total. The average molecular weight is 351 g/mol. The molecule has 0 aliphatic rings. The Morgan fingerprint density at radius 1 is 1.00 bits per heavy atom. The molecule has 6 nitrogen and oxygen atoms in total. The van der Waals surface area contributed by atoms with E-state index < -0.39 is 0 Å². The Morgan fingerprint density at radius 3 is 2.50 bits per heavy atom. The molecule has 0 saturated heterocycles. The highest BCUT2D eigenvalue weighted by molar-refractivity contribution is 5.97. The second-order valence-corrected chi connectivity index (χ2v) is 5.88. The van der Waals surface area contributed by atoms with E-state index in [0.29, 0.717) is 30.0 Å². The number of amides is 1. The van der Waals surface area contributed by atoms with Crippen LogP contribution in [0.15, 0.2) is 42.5 Å². The zero-order valence-corrected chi connectivity index (χ0v) is 15.1. The molecule has 134 valence electrons. The van der Waals surface area contributed by atoms with Crippen LogP contribution in [0.25, 0.3) is 11.0 Å². The van der Waals surface area contributed by atoms with Gasteiger partial charge < -0.3 is 14.8 Å². The predicted molar refractivity (Wildman–Crippen MR) is 99.8 cm³/mol. The first kappa shape index (κ1) is 17.7. The maximum Gasteiger partial charge on any atom is 0.251 e. The standard InChI is InChI=1S/C20H21N3O3/c1-13-14(2)23-19-11-15(7-8-18(19)22-13)20(24)21-9-10-26-17-6-4-5-16(12-17)25-3/h4-8,11-12H,9-10H2,1-3H3,(H,21,24). The number of aryl methyl sites for hydroxylation is 2. The van der Waals surface area contributed by atoms with Gasteiger partial charge in [-0.3, -0.25) is 4.79 Å². The molecule has 0 atom stereocenters. The van der Waals surface area contributed by atoms with Crippen molar-refractivity contribution in [1.82, 2.24) is 15.3 Å². The summed E-state index contributed by atoms with van der Waals surface area (Å²) < 4.78 is 10.8. The van der Waals surface area contributed by atoms with Crippen LogP contribution < -0.4 is 14.8 Å². The van der Waals surface area contributed by atoms with Gasteiger partial charge in [0.05, 0.1) is 36.1 Å². The van der Waals surface area contributed by atoms with Crippen LogP contribution in [0.4, 0.5) is 0 Å². The number of nitrogens with one attached hydrogen (secondary N) is 1. The molecule has 26 heavy (non-hydrogen) atoms. The Balaban J connectivity index is 1.57. The van der Waals surface area contributed by atoms with Gasteiger partial charge in [-0.15, -0.1) is 0 Å². The zero-order chi connectivity index (χ0) is 18.5. The first-order valence-corrected chi connectivity index (χ1v) is 8.37. The molecule has 1 heterocycles. The first-order valence-electron chi connectivity index (χ1n) is 8.37. The third kappa shape index (κ3) is 4.08. The molecule has 3 rings (SSSR count). The van der Waals surface area contributed by atoms with Crippen LogP contribution in [-0.4, -0.2) is 36.1 Å². The lowest BCUT2D eigenvalue weighted by Gasteiger charge is -2.09. The molecular formula is C20H21N3O3. The maximum absolute atomic E-state index is 12.3. The average Bonchev–Trinajstić information content (AvgIpc) is 2.66. The van der Waals surface area contributed by atoms with Crippen molar-refractivity contribution in [3.8, 4) is 11.5 Å². The Bertz CT molecular complexity index is 941. The van der Waals surface area contributed by atoms with Crippen molar-refractivity contribution in [2.45, 2.75) is 13.8 Å². The lowest BCUT2D eigenvalue weighted by molar-refractivity contribution is 0.0947. The minimum Gasteiger partial charge on any atom is -0.497 e. The van der Waals surface area contributed by atoms with Gasteiger partial charge in [-0.1, -0.05) is 6.07 Å². The van der Waals surface area contributed by atoms with Crippen LogP contribution in [0.3, 0.4) is 0 Å². The van der Waals surface area contributed by atoms with E-state index >= 15 is 0 Å². The molecule has 0 spiro atoms. The second-order valence-electron chi connectivity index (χ2n) is 5.88. The second kappa shape index (κ2) is 7.82. The van der Waals surface area contributed by atoms with E-state index in [-0.39, 0.29) is 5.91 Å². The highest BCUT2D eigenvalue weighted by Gasteiger charge is 2.08. The summed E-state index contributed by atoms with van der Waals surface area (Å²) in [5, 5.41) is 2.85. The van der Waals surface area contributed by atoms with Gasteiger partial charge in [0.2, 0.25) is 0 Å². The van der Waals surface area contributed by atoms with Crippen molar-refractivity contribution in [3.63, 3.8) is 0 Å². The van der Waals surface area contributed by atoms with Crippen LogP contribution in [0.1, 0.15) is 21.7 Å². The molecule has 6 heteroatoms. The molecule has 0 fully saturated rings. The Labute approximate surface area is 152 Å². The van der Waals surface area contributed by atoms with E-state index in [2.05, 4.69) is 15.3 Å². The summed E-state index contributed by atoms with van der Waals surface area (Å²) in [5.74, 6) is 1.26. The van der Waals surface area contributed by atoms with Crippen molar-refractivity contribution in [3.05, 3.63) is 59.4 Å². The van der Waals surface area contributed by atoms with Gasteiger partial charge in [-0.05, 0) is 44.2 Å². The molecule has 0 bridgehead atoms. The number of carbonyl (C=O) groups is 1. The molecule has 1 aromatic heterocycles. The number of benzene rings is 2. The maximum atomic E-state index is 12.3. The van der Waals surface area contributed by atoms with Crippen LogP contribution in [0.5, 0.6) is 11.5 Å². The predicted octanol–water partition coefficient (Wildman–Crippen LogP) is 3.06. The number of aromatic nitrogens is 2. The van der Waals surface area contributed by atoms with E-state index in [0.717, 1.165) is 22.7 Å². The highest BCUT2D eigenvalue weighted by atomic mass is 16.5. The molecule has 0 unspecified atom stereocenters. The Morgan fingerprint density at radius 2 is 1.73 bits per heavy atom. The molecule has 0 aliphatic heterocycles. The lowest BCUT2D eigenvalue weighted by atomic mass is 10.1. The van der Waals surface area contributed by atoms with Gasteiger partial charge >= 0.3 is 0 Å². The molecular weight excluding hydrogens is 330 g/mol. The SMILES string of the molecule is COc1cccc(OCCNC(=O)c2ccc3nc(C)c(C)nc3c2)c1. The summed E-state index contributed by atoms with van der Waals surface area (Å²) in [7, 11) is 1.61. The molecule has 0 aliphatic carbocycles. The summed E-state index contributed by atoms with van der Waals surface area (Å²) >= 11 is 0. The van der Waals surface area contributed by atoms with Crippen molar-refractivity contribution < 1.29 is 14.3 Å².